The van der Waals surface area contributed by atoms with Crippen LogP contribution in [0.25, 0.3) is 0 Å². The van der Waals surface area contributed by atoms with E-state index in [4.69, 9.17) is 27.2 Å². The molecule has 1 aliphatic rings. The molecular weight excluding hydrogens is 528 g/mol. The van der Waals surface area contributed by atoms with Gasteiger partial charge in [-0.1, -0.05) is 78.1 Å². The van der Waals surface area contributed by atoms with E-state index >= 15 is 0 Å². The van der Waals surface area contributed by atoms with Crippen LogP contribution in [0.15, 0.2) is 0 Å². The molecule has 8 nitrogen and oxygen atoms in total. The molecule has 0 spiro atoms. The summed E-state index contributed by atoms with van der Waals surface area (Å²) in [6.45, 7) is 10.2. The molecule has 0 aromatic carbocycles. The Morgan fingerprint density at radius 2 is 1.46 bits per heavy atom. The first kappa shape index (κ1) is 42.1. The van der Waals surface area contributed by atoms with Gasteiger partial charge in [-0.15, -0.1) is 0 Å². The van der Waals surface area contributed by atoms with E-state index < -0.39 is 30.3 Å². The summed E-state index contributed by atoms with van der Waals surface area (Å²) < 4.78 is 29.1. The third kappa shape index (κ3) is 25.2. The monoisotopic (exact) mass is 589 g/mol. The highest BCUT2D eigenvalue weighted by molar-refractivity contribution is 6.11. The summed E-state index contributed by atoms with van der Waals surface area (Å²) >= 11 is 0. The number of aldehydes is 1. The Kier molecular flexibility index (Phi) is 31.2. The van der Waals surface area contributed by atoms with Gasteiger partial charge in [-0.2, -0.15) is 4.94 Å². The standard InChI is InChI=1S/C16H30O3.C13H25BFNO4.C2H6/c17-15-13-11-9-7-5-3-1-2-4-6-8-10-12-14-16(18)19;1-8(2)19-11-10(7-18-15)20-13(14)12(11)17-6-5-9(3)16-4;1-2/h15H,1-14H2,(H,18,19);8-13,16H,5-7H2,1-4H3;1-2H3. The Morgan fingerprint density at radius 3 is 1.90 bits per heavy atom. The highest BCUT2D eigenvalue weighted by Crippen LogP contribution is 2.27. The number of hydrogen-bond acceptors (Lipinski definition) is 7. The van der Waals surface area contributed by atoms with Gasteiger partial charge in [-0.3, -0.25) is 4.79 Å². The van der Waals surface area contributed by atoms with E-state index in [0.717, 1.165) is 38.4 Å². The van der Waals surface area contributed by atoms with Crippen LogP contribution in [0.3, 0.4) is 0 Å². The zero-order chi connectivity index (χ0) is 31.3. The molecule has 1 heterocycles. The molecule has 5 unspecified atom stereocenters. The number of ether oxygens (including phenoxy) is 3. The summed E-state index contributed by atoms with van der Waals surface area (Å²) in [7, 11) is 7.79. The average Bonchev–Trinajstić information content (AvgIpc) is 3.23. The summed E-state index contributed by atoms with van der Waals surface area (Å²) in [6, 6.07) is -0.285. The van der Waals surface area contributed by atoms with Crippen molar-refractivity contribution in [3.63, 3.8) is 0 Å². The third-order valence-corrected chi connectivity index (χ3v) is 6.82. The smallest absolute Gasteiger partial charge is 0.303 e. The second-order valence-electron chi connectivity index (χ2n) is 10.7. The van der Waals surface area contributed by atoms with Crippen molar-refractivity contribution >= 4 is 20.1 Å². The molecule has 0 aromatic heterocycles. The lowest BCUT2D eigenvalue weighted by Crippen LogP contribution is -2.41. The van der Waals surface area contributed by atoms with E-state index in [-0.39, 0.29) is 12.7 Å². The van der Waals surface area contributed by atoms with Crippen LogP contribution in [0.1, 0.15) is 131 Å². The molecule has 1 fully saturated rings. The largest absolute Gasteiger partial charge is 0.481 e. The number of aliphatic carboxylic acids is 1. The molecule has 0 bridgehead atoms. The second kappa shape index (κ2) is 30.4. The zero-order valence-corrected chi connectivity index (χ0v) is 26.9. The van der Waals surface area contributed by atoms with E-state index in [1.807, 2.05) is 34.7 Å². The summed E-state index contributed by atoms with van der Waals surface area (Å²) in [5.74, 6) is -0.673. The minimum atomic E-state index is -0.673. The molecule has 0 amide bonds. The number of carbonyl (C=O) groups excluding carboxylic acids is 1. The van der Waals surface area contributed by atoms with Crippen molar-refractivity contribution in [3.8, 4) is 0 Å². The van der Waals surface area contributed by atoms with Crippen molar-refractivity contribution < 1.29 is 38.4 Å². The Labute approximate surface area is 251 Å². The van der Waals surface area contributed by atoms with Gasteiger partial charge in [0, 0.05) is 31.5 Å². The fraction of sp³-hybridized carbons (Fsp3) is 0.935. The molecule has 0 aliphatic carbocycles. The van der Waals surface area contributed by atoms with Crippen LogP contribution >= 0.6 is 0 Å². The Morgan fingerprint density at radius 1 is 0.951 bits per heavy atom. The van der Waals surface area contributed by atoms with Gasteiger partial charge in [-0.05, 0) is 51.6 Å². The van der Waals surface area contributed by atoms with Gasteiger partial charge < -0.3 is 29.4 Å². The molecule has 1 aliphatic heterocycles. The first-order valence-electron chi connectivity index (χ1n) is 16.0. The van der Waals surface area contributed by atoms with Crippen LogP contribution in [-0.4, -0.2) is 81.9 Å². The number of carboxylic acid groups (broad SMARTS) is 1. The van der Waals surface area contributed by atoms with Gasteiger partial charge >= 0.3 is 5.97 Å². The Hall–Kier alpha value is -1.07. The Balaban J connectivity index is 0. The third-order valence-electron chi connectivity index (χ3n) is 6.82. The van der Waals surface area contributed by atoms with Gasteiger partial charge in [0.1, 0.15) is 39.1 Å². The Bertz CT molecular complexity index is 589. The van der Waals surface area contributed by atoms with Crippen molar-refractivity contribution in [1.82, 2.24) is 5.32 Å². The first-order chi connectivity index (χ1) is 19.8. The molecule has 1 saturated heterocycles. The first-order valence-corrected chi connectivity index (χ1v) is 16.0. The predicted octanol–water partition coefficient (Wildman–Crippen LogP) is 6.72. The van der Waals surface area contributed by atoms with Crippen molar-refractivity contribution in [2.75, 3.05) is 20.3 Å². The molecule has 2 N–H and O–H groups in total. The maximum absolute atomic E-state index is 12.1. The van der Waals surface area contributed by atoms with Crippen LogP contribution in [0.4, 0.5) is 4.53 Å². The predicted molar refractivity (Wildman–Crippen MR) is 164 cm³/mol. The summed E-state index contributed by atoms with van der Waals surface area (Å²) in [5, 5.41) is 11.6. The lowest BCUT2D eigenvalue weighted by molar-refractivity contribution is -0.178. The van der Waals surface area contributed by atoms with E-state index in [1.165, 1.54) is 57.8 Å². The number of carbonyl (C=O) groups is 2. The van der Waals surface area contributed by atoms with Crippen molar-refractivity contribution in [3.05, 3.63) is 0 Å². The van der Waals surface area contributed by atoms with Gasteiger partial charge in [0.15, 0.2) is 0 Å². The molecule has 1 rings (SSSR count). The van der Waals surface area contributed by atoms with Crippen molar-refractivity contribution in [2.45, 2.75) is 167 Å². The molecule has 0 saturated carbocycles. The molecule has 242 valence electrons. The fourth-order valence-corrected chi connectivity index (χ4v) is 4.42. The normalized spacial score (nSPS) is 20.6. The summed E-state index contributed by atoms with van der Waals surface area (Å²) in [4.78, 5) is 24.1. The van der Waals surface area contributed by atoms with E-state index in [1.54, 1.807) is 0 Å². The second-order valence-corrected chi connectivity index (χ2v) is 10.7. The number of halogens is 1. The summed E-state index contributed by atoms with van der Waals surface area (Å²) in [5.41, 5.74) is 0. The summed E-state index contributed by atoms with van der Waals surface area (Å²) in [6.07, 6.45) is 15.9. The molecule has 5 atom stereocenters. The molecule has 2 radical (unpaired) electrons. The number of carboxylic acids is 1. The van der Waals surface area contributed by atoms with Gasteiger partial charge in [-0.25, -0.2) is 0 Å². The number of hydrogen-bond donors (Lipinski definition) is 2. The molecule has 0 aromatic rings. The van der Waals surface area contributed by atoms with E-state index in [0.29, 0.717) is 19.1 Å². The molecular formula is C31H61BFNO7. The van der Waals surface area contributed by atoms with Crippen LogP contribution in [0, 0.1) is 0 Å². The van der Waals surface area contributed by atoms with Crippen LogP contribution in [0.2, 0.25) is 0 Å². The van der Waals surface area contributed by atoms with Gasteiger partial charge in [0.05, 0.1) is 6.10 Å². The SMILES string of the molecule is CC.O=CCCCCCCCCCCCCCCC(=O)O.[B]C1OC(COF)C(OC(C)C)C1OCCC(C)NC. The van der Waals surface area contributed by atoms with Gasteiger partial charge in [0.2, 0.25) is 0 Å². The quantitative estimate of drug-likeness (QED) is 0.0727. The van der Waals surface area contributed by atoms with Crippen LogP contribution in [0.5, 0.6) is 0 Å². The maximum Gasteiger partial charge on any atom is 0.303 e. The number of nitrogens with one attached hydrogen (secondary N) is 1. The number of unbranched alkanes of at least 4 members (excludes halogenated alkanes) is 12. The van der Waals surface area contributed by atoms with E-state index in [9.17, 15) is 14.1 Å². The molecule has 10 heteroatoms. The number of rotatable bonds is 24. The van der Waals surface area contributed by atoms with Gasteiger partial charge in [0.25, 0.3) is 0 Å². The van der Waals surface area contributed by atoms with Crippen LogP contribution in [-0.2, 0) is 28.7 Å². The highest BCUT2D eigenvalue weighted by atomic mass is 19.3. The lowest BCUT2D eigenvalue weighted by atomic mass is 9.92. The minimum absolute atomic E-state index is 0.0293. The van der Waals surface area contributed by atoms with E-state index in [2.05, 4.69) is 17.2 Å². The van der Waals surface area contributed by atoms with Crippen molar-refractivity contribution in [2.24, 2.45) is 0 Å². The average molecular weight is 590 g/mol. The highest BCUT2D eigenvalue weighted by Gasteiger charge is 2.44. The maximum atomic E-state index is 12.1. The minimum Gasteiger partial charge on any atom is -0.481 e. The zero-order valence-electron chi connectivity index (χ0n) is 26.9. The topological polar surface area (TPSA) is 103 Å². The molecule has 41 heavy (non-hydrogen) atoms. The fourth-order valence-electron chi connectivity index (χ4n) is 4.42. The van der Waals surface area contributed by atoms with Crippen LogP contribution < -0.4 is 5.32 Å². The lowest BCUT2D eigenvalue weighted by Gasteiger charge is -2.26. The van der Waals surface area contributed by atoms with Crippen molar-refractivity contribution in [1.29, 1.82) is 0 Å².